The number of ether oxygens (including phenoxy) is 1. The highest BCUT2D eigenvalue weighted by Crippen LogP contribution is 2.30. The molecule has 0 fully saturated rings. The molecular formula is C20H17ClF4N4O2. The molecule has 11 heteroatoms. The fourth-order valence-electron chi connectivity index (χ4n) is 2.57. The van der Waals surface area contributed by atoms with E-state index in [1.807, 2.05) is 0 Å². The Morgan fingerprint density at radius 3 is 2.61 bits per heavy atom. The van der Waals surface area contributed by atoms with Crippen LogP contribution in [-0.2, 0) is 0 Å². The van der Waals surface area contributed by atoms with Gasteiger partial charge in [-0.2, -0.15) is 4.98 Å². The van der Waals surface area contributed by atoms with Crippen molar-refractivity contribution in [3.05, 3.63) is 59.4 Å². The van der Waals surface area contributed by atoms with Crippen molar-refractivity contribution < 1.29 is 27.4 Å². The van der Waals surface area contributed by atoms with Crippen molar-refractivity contribution in [2.24, 2.45) is 0 Å². The number of halogens is 5. The van der Waals surface area contributed by atoms with Gasteiger partial charge < -0.3 is 20.5 Å². The molecule has 3 rings (SSSR count). The third-order valence-corrected chi connectivity index (χ3v) is 4.17. The molecule has 1 aromatic heterocycles. The van der Waals surface area contributed by atoms with E-state index in [1.165, 1.54) is 42.5 Å². The first kappa shape index (κ1) is 22.6. The Kier molecular flexibility index (Phi) is 6.81. The number of rotatable bonds is 7. The minimum absolute atomic E-state index is 0.0486. The summed E-state index contributed by atoms with van der Waals surface area (Å²) in [6.45, 7) is 1.46. The minimum atomic E-state index is -4.84. The SMILES string of the molecule is C[C@H](CO)Nc1nc(Nc2cc(Cl)ccc2F)cc(-c2cccc(OC(F)(F)F)c2)n1. The Hall–Kier alpha value is -3.11. The van der Waals surface area contributed by atoms with E-state index in [1.54, 1.807) is 6.92 Å². The van der Waals surface area contributed by atoms with Crippen molar-refractivity contribution >= 4 is 29.1 Å². The summed E-state index contributed by atoms with van der Waals surface area (Å²) >= 11 is 5.91. The number of anilines is 3. The molecule has 31 heavy (non-hydrogen) atoms. The molecule has 0 amide bonds. The van der Waals surface area contributed by atoms with Gasteiger partial charge in [0.25, 0.3) is 0 Å². The number of nitrogens with one attached hydrogen (secondary N) is 2. The molecule has 0 saturated carbocycles. The van der Waals surface area contributed by atoms with Crippen LogP contribution in [-0.4, -0.2) is 34.1 Å². The predicted octanol–water partition coefficient (Wildman–Crippen LogP) is 5.37. The summed E-state index contributed by atoms with van der Waals surface area (Å²) in [6, 6.07) is 10.2. The molecule has 0 aliphatic carbocycles. The summed E-state index contributed by atoms with van der Waals surface area (Å²) < 4.78 is 55.8. The summed E-state index contributed by atoms with van der Waals surface area (Å²) in [5.41, 5.74) is 0.589. The van der Waals surface area contributed by atoms with E-state index >= 15 is 0 Å². The first-order valence-electron chi connectivity index (χ1n) is 8.97. The zero-order valence-electron chi connectivity index (χ0n) is 16.0. The molecule has 3 aromatic rings. The monoisotopic (exact) mass is 456 g/mol. The lowest BCUT2D eigenvalue weighted by Gasteiger charge is -2.15. The van der Waals surface area contributed by atoms with Crippen LogP contribution in [0.25, 0.3) is 11.3 Å². The zero-order chi connectivity index (χ0) is 22.6. The number of hydrogen-bond acceptors (Lipinski definition) is 6. The highest BCUT2D eigenvalue weighted by molar-refractivity contribution is 6.30. The van der Waals surface area contributed by atoms with Crippen LogP contribution in [0.3, 0.4) is 0 Å². The molecule has 2 aromatic carbocycles. The molecule has 3 N–H and O–H groups in total. The maximum absolute atomic E-state index is 14.1. The summed E-state index contributed by atoms with van der Waals surface area (Å²) in [5, 5.41) is 15.2. The lowest BCUT2D eigenvalue weighted by Crippen LogP contribution is -2.21. The molecule has 0 spiro atoms. The second-order valence-electron chi connectivity index (χ2n) is 6.51. The van der Waals surface area contributed by atoms with E-state index in [9.17, 15) is 22.7 Å². The molecule has 1 atom stereocenters. The predicted molar refractivity (Wildman–Crippen MR) is 109 cm³/mol. The van der Waals surface area contributed by atoms with Crippen LogP contribution < -0.4 is 15.4 Å². The molecule has 0 bridgehead atoms. The van der Waals surface area contributed by atoms with Crippen LogP contribution in [0.5, 0.6) is 5.75 Å². The summed E-state index contributed by atoms with van der Waals surface area (Å²) in [4.78, 5) is 8.51. The fraction of sp³-hybridized carbons (Fsp3) is 0.200. The van der Waals surface area contributed by atoms with Gasteiger partial charge >= 0.3 is 6.36 Å². The van der Waals surface area contributed by atoms with Crippen molar-refractivity contribution in [2.75, 3.05) is 17.2 Å². The smallest absolute Gasteiger partial charge is 0.406 e. The Labute approximate surface area is 179 Å². The number of nitrogens with zero attached hydrogens (tertiary/aromatic N) is 2. The van der Waals surface area contributed by atoms with Crippen LogP contribution in [0.2, 0.25) is 5.02 Å². The van der Waals surface area contributed by atoms with E-state index in [4.69, 9.17) is 11.6 Å². The second-order valence-corrected chi connectivity index (χ2v) is 6.95. The second kappa shape index (κ2) is 9.36. The van der Waals surface area contributed by atoms with E-state index in [0.29, 0.717) is 10.6 Å². The van der Waals surface area contributed by atoms with Gasteiger partial charge in [0.2, 0.25) is 5.95 Å². The Morgan fingerprint density at radius 1 is 1.13 bits per heavy atom. The van der Waals surface area contributed by atoms with Crippen LogP contribution in [0.4, 0.5) is 35.0 Å². The average Bonchev–Trinajstić information content (AvgIpc) is 2.69. The lowest BCUT2D eigenvalue weighted by molar-refractivity contribution is -0.274. The highest BCUT2D eigenvalue weighted by atomic mass is 35.5. The highest BCUT2D eigenvalue weighted by Gasteiger charge is 2.31. The summed E-state index contributed by atoms with van der Waals surface area (Å²) in [6.07, 6.45) is -4.84. The van der Waals surface area contributed by atoms with Gasteiger partial charge in [-0.25, -0.2) is 9.37 Å². The molecule has 1 heterocycles. The Bertz CT molecular complexity index is 1070. The third-order valence-electron chi connectivity index (χ3n) is 3.93. The minimum Gasteiger partial charge on any atom is -0.406 e. The van der Waals surface area contributed by atoms with Crippen LogP contribution >= 0.6 is 11.6 Å². The van der Waals surface area contributed by atoms with Crippen LogP contribution in [0.1, 0.15) is 6.92 Å². The third kappa shape index (κ3) is 6.43. The number of hydrogen-bond donors (Lipinski definition) is 3. The Balaban J connectivity index is 2.01. The van der Waals surface area contributed by atoms with Gasteiger partial charge in [-0.15, -0.1) is 13.2 Å². The number of benzene rings is 2. The first-order valence-corrected chi connectivity index (χ1v) is 9.35. The van der Waals surface area contributed by atoms with Crippen LogP contribution in [0, 0.1) is 5.82 Å². The number of aliphatic hydroxyl groups is 1. The van der Waals surface area contributed by atoms with Gasteiger partial charge in [0.15, 0.2) is 0 Å². The molecule has 6 nitrogen and oxygen atoms in total. The maximum Gasteiger partial charge on any atom is 0.573 e. The van der Waals surface area contributed by atoms with E-state index in [0.717, 1.165) is 6.07 Å². The maximum atomic E-state index is 14.1. The normalized spacial score (nSPS) is 12.4. The van der Waals surface area contributed by atoms with Crippen LogP contribution in [0.15, 0.2) is 48.5 Å². The number of aliphatic hydroxyl groups excluding tert-OH is 1. The quantitative estimate of drug-likeness (QED) is 0.415. The fourth-order valence-corrected chi connectivity index (χ4v) is 2.75. The summed E-state index contributed by atoms with van der Waals surface area (Å²) in [7, 11) is 0. The zero-order valence-corrected chi connectivity index (χ0v) is 16.8. The molecule has 0 unspecified atom stereocenters. The van der Waals surface area contributed by atoms with Gasteiger partial charge in [0.1, 0.15) is 17.4 Å². The van der Waals surface area contributed by atoms with Crippen molar-refractivity contribution in [3.63, 3.8) is 0 Å². The van der Waals surface area contributed by atoms with Crippen molar-refractivity contribution in [1.29, 1.82) is 0 Å². The van der Waals surface area contributed by atoms with Gasteiger partial charge in [-0.05, 0) is 37.3 Å². The van der Waals surface area contributed by atoms with E-state index in [2.05, 4.69) is 25.3 Å². The lowest BCUT2D eigenvalue weighted by atomic mass is 10.1. The molecule has 164 valence electrons. The molecule has 0 aliphatic rings. The number of alkyl halides is 3. The molecule has 0 aliphatic heterocycles. The topological polar surface area (TPSA) is 79.3 Å². The Morgan fingerprint density at radius 2 is 1.90 bits per heavy atom. The average molecular weight is 457 g/mol. The van der Waals surface area contributed by atoms with E-state index < -0.39 is 24.0 Å². The summed E-state index contributed by atoms with van der Waals surface area (Å²) in [5.74, 6) is -0.771. The molecule has 0 saturated heterocycles. The van der Waals surface area contributed by atoms with Gasteiger partial charge in [0.05, 0.1) is 18.0 Å². The first-order chi connectivity index (χ1) is 14.6. The van der Waals surface area contributed by atoms with E-state index in [-0.39, 0.29) is 29.8 Å². The van der Waals surface area contributed by atoms with Crippen molar-refractivity contribution in [2.45, 2.75) is 19.3 Å². The largest absolute Gasteiger partial charge is 0.573 e. The standard InChI is InChI=1S/C20H17ClF4N4O2/c1-11(10-30)26-19-28-16(12-3-2-4-14(7-12)31-20(23,24)25)9-18(29-19)27-17-8-13(21)5-6-15(17)22/h2-9,11,30H,10H2,1H3,(H2,26,27,28,29)/t11-/m1/s1. The molecular weight excluding hydrogens is 440 g/mol. The number of aromatic nitrogens is 2. The van der Waals surface area contributed by atoms with Gasteiger partial charge in [-0.1, -0.05) is 23.7 Å². The molecule has 0 radical (unpaired) electrons. The van der Waals surface area contributed by atoms with Gasteiger partial charge in [-0.3, -0.25) is 0 Å². The van der Waals surface area contributed by atoms with Gasteiger partial charge in [0, 0.05) is 22.7 Å². The van der Waals surface area contributed by atoms with Crippen molar-refractivity contribution in [1.82, 2.24) is 9.97 Å². The van der Waals surface area contributed by atoms with Crippen molar-refractivity contribution in [3.8, 4) is 17.0 Å².